The molecule has 0 unspecified atom stereocenters. The highest BCUT2D eigenvalue weighted by atomic mass is 35.5. The SMILES string of the molecule is O=C1NN(c2ccc(Cl)cc2)C(=O)/C1=C\c1ccc(Cl)cc1. The monoisotopic (exact) mass is 332 g/mol. The van der Waals surface area contributed by atoms with Crippen LogP contribution in [0.1, 0.15) is 5.56 Å². The second-order valence-electron chi connectivity index (χ2n) is 4.67. The first-order chi connectivity index (χ1) is 10.5. The summed E-state index contributed by atoms with van der Waals surface area (Å²) in [4.78, 5) is 24.4. The number of benzene rings is 2. The minimum Gasteiger partial charge on any atom is -0.267 e. The van der Waals surface area contributed by atoms with E-state index >= 15 is 0 Å². The lowest BCUT2D eigenvalue weighted by Gasteiger charge is -2.14. The third kappa shape index (κ3) is 2.84. The Bertz CT molecular complexity index is 768. The van der Waals surface area contributed by atoms with Crippen LogP contribution < -0.4 is 10.4 Å². The average molecular weight is 333 g/mol. The van der Waals surface area contributed by atoms with Crippen molar-refractivity contribution < 1.29 is 9.59 Å². The van der Waals surface area contributed by atoms with E-state index in [1.807, 2.05) is 0 Å². The predicted molar refractivity (Wildman–Crippen MR) is 86.5 cm³/mol. The Labute approximate surface area is 136 Å². The largest absolute Gasteiger partial charge is 0.282 e. The molecule has 1 heterocycles. The molecular formula is C16H10Cl2N2O2. The molecule has 0 aliphatic carbocycles. The lowest BCUT2D eigenvalue weighted by atomic mass is 10.1. The minimum absolute atomic E-state index is 0.0669. The van der Waals surface area contributed by atoms with E-state index in [-0.39, 0.29) is 5.57 Å². The molecule has 2 aromatic rings. The van der Waals surface area contributed by atoms with Crippen molar-refractivity contribution >= 4 is 46.8 Å². The van der Waals surface area contributed by atoms with Gasteiger partial charge in [-0.25, -0.2) is 5.01 Å². The number of nitrogens with zero attached hydrogens (tertiary/aromatic N) is 1. The van der Waals surface area contributed by atoms with Gasteiger partial charge in [-0.2, -0.15) is 0 Å². The number of hydrogen-bond acceptors (Lipinski definition) is 2. The molecule has 0 saturated carbocycles. The minimum atomic E-state index is -0.449. The number of halogens is 2. The summed E-state index contributed by atoms with van der Waals surface area (Å²) in [6.07, 6.45) is 1.53. The number of hydrazine groups is 1. The fourth-order valence-electron chi connectivity index (χ4n) is 2.06. The van der Waals surface area contributed by atoms with Crippen molar-refractivity contribution in [3.63, 3.8) is 0 Å². The summed E-state index contributed by atoms with van der Waals surface area (Å²) in [6.45, 7) is 0. The maximum atomic E-state index is 12.4. The topological polar surface area (TPSA) is 49.4 Å². The van der Waals surface area contributed by atoms with Gasteiger partial charge >= 0.3 is 0 Å². The van der Waals surface area contributed by atoms with Crippen LogP contribution in [0.4, 0.5) is 5.69 Å². The molecule has 2 amide bonds. The van der Waals surface area contributed by atoms with Gasteiger partial charge in [-0.3, -0.25) is 15.0 Å². The molecule has 0 spiro atoms. The van der Waals surface area contributed by atoms with E-state index in [2.05, 4.69) is 5.43 Å². The summed E-state index contributed by atoms with van der Waals surface area (Å²) in [5.74, 6) is -0.864. The molecule has 22 heavy (non-hydrogen) atoms. The fraction of sp³-hybridized carbons (Fsp3) is 0. The van der Waals surface area contributed by atoms with Gasteiger partial charge in [0.15, 0.2) is 0 Å². The van der Waals surface area contributed by atoms with Gasteiger partial charge in [0.2, 0.25) is 0 Å². The number of amides is 2. The van der Waals surface area contributed by atoms with Gasteiger partial charge in [-0.05, 0) is 48.0 Å². The Morgan fingerprint density at radius 3 is 2.00 bits per heavy atom. The number of hydrogen-bond donors (Lipinski definition) is 1. The predicted octanol–water partition coefficient (Wildman–Crippen LogP) is 3.45. The molecule has 0 atom stereocenters. The van der Waals surface area contributed by atoms with Gasteiger partial charge in [-0.1, -0.05) is 35.3 Å². The highest BCUT2D eigenvalue weighted by Crippen LogP contribution is 2.23. The van der Waals surface area contributed by atoms with Gasteiger partial charge < -0.3 is 0 Å². The molecule has 1 saturated heterocycles. The van der Waals surface area contributed by atoms with Crippen LogP contribution in [0.15, 0.2) is 54.1 Å². The Morgan fingerprint density at radius 2 is 1.41 bits per heavy atom. The van der Waals surface area contributed by atoms with E-state index in [9.17, 15) is 9.59 Å². The Hall–Kier alpha value is -2.30. The van der Waals surface area contributed by atoms with Crippen LogP contribution in [-0.2, 0) is 9.59 Å². The molecule has 0 radical (unpaired) electrons. The normalized spacial score (nSPS) is 16.3. The third-order valence-electron chi connectivity index (χ3n) is 3.16. The quantitative estimate of drug-likeness (QED) is 0.676. The molecule has 2 aromatic carbocycles. The first-order valence-corrected chi connectivity index (χ1v) is 7.18. The van der Waals surface area contributed by atoms with Gasteiger partial charge in [-0.15, -0.1) is 0 Å². The van der Waals surface area contributed by atoms with Gasteiger partial charge in [0.1, 0.15) is 5.57 Å². The summed E-state index contributed by atoms with van der Waals surface area (Å²) in [7, 11) is 0. The van der Waals surface area contributed by atoms with E-state index in [0.717, 1.165) is 5.56 Å². The summed E-state index contributed by atoms with van der Waals surface area (Å²) in [6, 6.07) is 13.5. The number of anilines is 1. The van der Waals surface area contributed by atoms with E-state index < -0.39 is 11.8 Å². The second-order valence-corrected chi connectivity index (χ2v) is 5.54. The van der Waals surface area contributed by atoms with Crippen LogP contribution in [0.2, 0.25) is 10.0 Å². The second kappa shape index (κ2) is 5.83. The van der Waals surface area contributed by atoms with E-state index in [4.69, 9.17) is 23.2 Å². The maximum absolute atomic E-state index is 12.4. The summed E-state index contributed by atoms with van der Waals surface area (Å²) < 4.78 is 0. The van der Waals surface area contributed by atoms with E-state index in [1.165, 1.54) is 11.1 Å². The molecule has 6 heteroatoms. The molecule has 0 bridgehead atoms. The van der Waals surface area contributed by atoms with Crippen molar-refractivity contribution in [3.05, 3.63) is 69.7 Å². The zero-order chi connectivity index (χ0) is 15.7. The molecule has 4 nitrogen and oxygen atoms in total. The van der Waals surface area contributed by atoms with Crippen LogP contribution in [0.5, 0.6) is 0 Å². The molecule has 1 fully saturated rings. The van der Waals surface area contributed by atoms with Crippen molar-refractivity contribution in [1.82, 2.24) is 5.43 Å². The standard InChI is InChI=1S/C16H10Cl2N2O2/c17-11-3-1-10(2-4-11)9-14-15(21)19-20(16(14)22)13-7-5-12(18)6-8-13/h1-9H,(H,19,21)/b14-9-. The van der Waals surface area contributed by atoms with Crippen molar-refractivity contribution in [1.29, 1.82) is 0 Å². The first-order valence-electron chi connectivity index (χ1n) is 6.43. The molecule has 0 aromatic heterocycles. The first kappa shape index (κ1) is 14.6. The zero-order valence-corrected chi connectivity index (χ0v) is 12.7. The van der Waals surface area contributed by atoms with E-state index in [1.54, 1.807) is 48.5 Å². The van der Waals surface area contributed by atoms with Gasteiger partial charge in [0.25, 0.3) is 11.8 Å². The maximum Gasteiger partial charge on any atom is 0.282 e. The Morgan fingerprint density at radius 1 is 0.864 bits per heavy atom. The third-order valence-corrected chi connectivity index (χ3v) is 3.66. The Balaban J connectivity index is 1.91. The lowest BCUT2D eigenvalue weighted by molar-refractivity contribution is -0.117. The molecule has 1 aliphatic rings. The molecule has 3 rings (SSSR count). The summed E-state index contributed by atoms with van der Waals surface area (Å²) in [5, 5.41) is 2.34. The summed E-state index contributed by atoms with van der Waals surface area (Å²) >= 11 is 11.6. The van der Waals surface area contributed by atoms with Gasteiger partial charge in [0, 0.05) is 10.0 Å². The van der Waals surface area contributed by atoms with Crippen molar-refractivity contribution in [2.24, 2.45) is 0 Å². The zero-order valence-electron chi connectivity index (χ0n) is 11.2. The van der Waals surface area contributed by atoms with Crippen molar-refractivity contribution in [2.75, 3.05) is 5.01 Å². The van der Waals surface area contributed by atoms with Crippen LogP contribution >= 0.6 is 23.2 Å². The van der Waals surface area contributed by atoms with Crippen LogP contribution in [0.3, 0.4) is 0 Å². The van der Waals surface area contributed by atoms with E-state index in [0.29, 0.717) is 15.7 Å². The number of rotatable bonds is 2. The van der Waals surface area contributed by atoms with Crippen LogP contribution in [0, 0.1) is 0 Å². The molecular weight excluding hydrogens is 323 g/mol. The van der Waals surface area contributed by atoms with Gasteiger partial charge in [0.05, 0.1) is 5.69 Å². The smallest absolute Gasteiger partial charge is 0.267 e. The van der Waals surface area contributed by atoms with Crippen molar-refractivity contribution in [2.45, 2.75) is 0 Å². The van der Waals surface area contributed by atoms with Crippen LogP contribution in [-0.4, -0.2) is 11.8 Å². The lowest BCUT2D eigenvalue weighted by Crippen LogP contribution is -2.35. The van der Waals surface area contributed by atoms with Crippen molar-refractivity contribution in [3.8, 4) is 0 Å². The number of carbonyl (C=O) groups is 2. The summed E-state index contributed by atoms with van der Waals surface area (Å²) in [5.41, 5.74) is 3.86. The number of nitrogens with one attached hydrogen (secondary N) is 1. The average Bonchev–Trinajstić information content (AvgIpc) is 2.78. The molecule has 1 N–H and O–H groups in total. The van der Waals surface area contributed by atoms with Crippen LogP contribution in [0.25, 0.3) is 6.08 Å². The molecule has 110 valence electrons. The molecule has 1 aliphatic heterocycles. The Kier molecular flexibility index (Phi) is 3.88. The fourth-order valence-corrected chi connectivity index (χ4v) is 2.31. The highest BCUT2D eigenvalue weighted by Gasteiger charge is 2.34. The number of carbonyl (C=O) groups excluding carboxylic acids is 2. The highest BCUT2D eigenvalue weighted by molar-refractivity contribution is 6.32.